The third-order valence-corrected chi connectivity index (χ3v) is 3.79. The molecule has 0 saturated heterocycles. The molecule has 0 bridgehead atoms. The quantitative estimate of drug-likeness (QED) is 0.872. The van der Waals surface area contributed by atoms with Gasteiger partial charge in [-0.3, -0.25) is 4.98 Å². The van der Waals surface area contributed by atoms with E-state index in [4.69, 9.17) is 5.11 Å². The minimum atomic E-state index is -0.864. The molecular weight excluding hydrogens is 214 g/mol. The van der Waals surface area contributed by atoms with Gasteiger partial charge >= 0.3 is 5.97 Å². The molecule has 0 aromatic carbocycles. The smallest absolute Gasteiger partial charge is 0.337 e. The summed E-state index contributed by atoms with van der Waals surface area (Å²) in [7, 11) is 0. The van der Waals surface area contributed by atoms with E-state index in [0.717, 1.165) is 17.9 Å². The van der Waals surface area contributed by atoms with Gasteiger partial charge in [0, 0.05) is 12.4 Å². The number of aromatic carboxylic acids is 1. The van der Waals surface area contributed by atoms with Crippen LogP contribution in [0.25, 0.3) is 0 Å². The largest absolute Gasteiger partial charge is 0.478 e. The van der Waals surface area contributed by atoms with Crippen LogP contribution in [0.15, 0.2) is 18.5 Å². The fraction of sp³-hybridized carbons (Fsp3) is 0.571. The molecule has 92 valence electrons. The summed E-state index contributed by atoms with van der Waals surface area (Å²) in [5.74, 6) is 0.617. The molecule has 2 rings (SSSR count). The van der Waals surface area contributed by atoms with Crippen molar-refractivity contribution in [2.75, 3.05) is 0 Å². The predicted octanol–water partition coefficient (Wildman–Crippen LogP) is 3.15. The van der Waals surface area contributed by atoms with Gasteiger partial charge in [-0.15, -0.1) is 0 Å². The van der Waals surface area contributed by atoms with Crippen LogP contribution in [0.2, 0.25) is 0 Å². The Morgan fingerprint density at radius 3 is 2.76 bits per heavy atom. The number of carbonyl (C=O) groups is 1. The minimum Gasteiger partial charge on any atom is -0.478 e. The molecule has 0 unspecified atom stereocenters. The molecule has 1 aliphatic carbocycles. The second-order valence-electron chi connectivity index (χ2n) is 5.17. The number of hydrogen-bond acceptors (Lipinski definition) is 2. The summed E-state index contributed by atoms with van der Waals surface area (Å²) in [5.41, 5.74) is 1.30. The Morgan fingerprint density at radius 2 is 2.12 bits per heavy atom. The van der Waals surface area contributed by atoms with Crippen molar-refractivity contribution in [3.05, 3.63) is 29.6 Å². The lowest BCUT2D eigenvalue weighted by molar-refractivity contribution is 0.0694. The maximum Gasteiger partial charge on any atom is 0.337 e. The van der Waals surface area contributed by atoms with Gasteiger partial charge in [-0.2, -0.15) is 0 Å². The van der Waals surface area contributed by atoms with Crippen LogP contribution < -0.4 is 0 Å². The van der Waals surface area contributed by atoms with Crippen LogP contribution in [0, 0.1) is 11.8 Å². The molecule has 0 atom stereocenters. The fourth-order valence-corrected chi connectivity index (χ4v) is 2.64. The summed E-state index contributed by atoms with van der Waals surface area (Å²) in [6.45, 7) is 2.30. The normalized spacial score (nSPS) is 24.5. The van der Waals surface area contributed by atoms with E-state index in [2.05, 4.69) is 11.9 Å². The highest BCUT2D eigenvalue weighted by atomic mass is 16.4. The molecule has 1 aromatic rings. The van der Waals surface area contributed by atoms with Gasteiger partial charge in [-0.25, -0.2) is 4.79 Å². The number of carboxylic acids is 1. The molecule has 3 nitrogen and oxygen atoms in total. The van der Waals surface area contributed by atoms with Gasteiger partial charge < -0.3 is 5.11 Å². The number of pyridine rings is 1. The Bertz CT molecular complexity index is 395. The molecule has 1 aliphatic rings. The van der Waals surface area contributed by atoms with Gasteiger partial charge in [0.2, 0.25) is 0 Å². The van der Waals surface area contributed by atoms with Crippen LogP contribution in [-0.2, 0) is 6.42 Å². The van der Waals surface area contributed by atoms with Crippen LogP contribution in [0.4, 0.5) is 0 Å². The molecule has 0 spiro atoms. The fourth-order valence-electron chi connectivity index (χ4n) is 2.64. The van der Waals surface area contributed by atoms with Crippen molar-refractivity contribution in [2.24, 2.45) is 11.8 Å². The van der Waals surface area contributed by atoms with E-state index in [-0.39, 0.29) is 0 Å². The highest BCUT2D eigenvalue weighted by Gasteiger charge is 2.20. The van der Waals surface area contributed by atoms with Gasteiger partial charge in [0.15, 0.2) is 0 Å². The molecule has 3 heteroatoms. The number of carboxylic acid groups (broad SMARTS) is 1. The van der Waals surface area contributed by atoms with Crippen LogP contribution in [0.5, 0.6) is 0 Å². The van der Waals surface area contributed by atoms with E-state index in [1.54, 1.807) is 6.20 Å². The van der Waals surface area contributed by atoms with Gasteiger partial charge in [0.05, 0.1) is 5.56 Å². The monoisotopic (exact) mass is 233 g/mol. The summed E-state index contributed by atoms with van der Waals surface area (Å²) >= 11 is 0. The Hall–Kier alpha value is -1.38. The average Bonchev–Trinajstić information content (AvgIpc) is 2.32. The lowest BCUT2D eigenvalue weighted by atomic mass is 9.80. The molecule has 0 aliphatic heterocycles. The molecule has 17 heavy (non-hydrogen) atoms. The van der Waals surface area contributed by atoms with Gasteiger partial charge in [-0.1, -0.05) is 19.8 Å². The summed E-state index contributed by atoms with van der Waals surface area (Å²) in [5, 5.41) is 9.10. The molecule has 1 heterocycles. The highest BCUT2D eigenvalue weighted by Crippen LogP contribution is 2.31. The predicted molar refractivity (Wildman–Crippen MR) is 66.0 cm³/mol. The molecule has 0 radical (unpaired) electrons. The van der Waals surface area contributed by atoms with E-state index in [1.165, 1.54) is 31.9 Å². The van der Waals surface area contributed by atoms with Gasteiger partial charge in [0.25, 0.3) is 0 Å². The Balaban J connectivity index is 2.05. The van der Waals surface area contributed by atoms with Crippen molar-refractivity contribution in [1.29, 1.82) is 0 Å². The van der Waals surface area contributed by atoms with Gasteiger partial charge in [-0.05, 0) is 42.7 Å². The van der Waals surface area contributed by atoms with E-state index in [9.17, 15) is 4.79 Å². The van der Waals surface area contributed by atoms with Crippen LogP contribution in [0.1, 0.15) is 48.5 Å². The first-order valence-corrected chi connectivity index (χ1v) is 6.33. The Kier molecular flexibility index (Phi) is 3.77. The summed E-state index contributed by atoms with van der Waals surface area (Å²) in [6, 6.07) is 1.85. The number of aromatic nitrogens is 1. The van der Waals surface area contributed by atoms with Crippen molar-refractivity contribution in [1.82, 2.24) is 4.98 Å². The summed E-state index contributed by atoms with van der Waals surface area (Å²) in [6.07, 6.45) is 9.04. The third-order valence-electron chi connectivity index (χ3n) is 3.79. The number of rotatable bonds is 3. The average molecular weight is 233 g/mol. The van der Waals surface area contributed by atoms with Crippen molar-refractivity contribution in [3.8, 4) is 0 Å². The first-order valence-electron chi connectivity index (χ1n) is 6.33. The molecule has 1 saturated carbocycles. The van der Waals surface area contributed by atoms with E-state index < -0.39 is 5.97 Å². The maximum atomic E-state index is 11.1. The topological polar surface area (TPSA) is 50.2 Å². The summed E-state index contributed by atoms with van der Waals surface area (Å²) in [4.78, 5) is 15.0. The van der Waals surface area contributed by atoms with Crippen LogP contribution in [0.3, 0.4) is 0 Å². The molecule has 0 amide bonds. The number of hydrogen-bond donors (Lipinski definition) is 1. The van der Waals surface area contributed by atoms with Gasteiger partial charge in [0.1, 0.15) is 0 Å². The van der Waals surface area contributed by atoms with E-state index in [0.29, 0.717) is 11.5 Å². The van der Waals surface area contributed by atoms with Crippen LogP contribution in [-0.4, -0.2) is 16.1 Å². The molecule has 1 fully saturated rings. The molecule has 1 aromatic heterocycles. The standard InChI is InChI=1S/C14H19NO2/c1-10-2-4-11(5-3-10)8-12-6-7-15-9-13(12)14(16)17/h6-7,9-11H,2-5,8H2,1H3,(H,16,17). The van der Waals surface area contributed by atoms with Crippen molar-refractivity contribution in [2.45, 2.75) is 39.0 Å². The first kappa shape index (κ1) is 12.1. The Morgan fingerprint density at radius 1 is 1.41 bits per heavy atom. The Labute approximate surface area is 102 Å². The lowest BCUT2D eigenvalue weighted by Gasteiger charge is -2.26. The van der Waals surface area contributed by atoms with Crippen molar-refractivity contribution >= 4 is 5.97 Å². The third kappa shape index (κ3) is 3.05. The SMILES string of the molecule is CC1CCC(Cc2ccncc2C(=O)O)CC1. The zero-order chi connectivity index (χ0) is 12.3. The second kappa shape index (κ2) is 5.30. The minimum absolute atomic E-state index is 0.367. The lowest BCUT2D eigenvalue weighted by Crippen LogP contribution is -2.16. The van der Waals surface area contributed by atoms with Crippen LogP contribution >= 0.6 is 0 Å². The zero-order valence-corrected chi connectivity index (χ0v) is 10.2. The van der Waals surface area contributed by atoms with Crippen molar-refractivity contribution < 1.29 is 9.90 Å². The molecular formula is C14H19NO2. The highest BCUT2D eigenvalue weighted by molar-refractivity contribution is 5.88. The van der Waals surface area contributed by atoms with E-state index >= 15 is 0 Å². The maximum absolute atomic E-state index is 11.1. The second-order valence-corrected chi connectivity index (χ2v) is 5.17. The summed E-state index contributed by atoms with van der Waals surface area (Å²) < 4.78 is 0. The zero-order valence-electron chi connectivity index (χ0n) is 10.2. The van der Waals surface area contributed by atoms with E-state index in [1.807, 2.05) is 6.07 Å². The molecule has 1 N–H and O–H groups in total. The number of nitrogens with zero attached hydrogens (tertiary/aromatic N) is 1. The van der Waals surface area contributed by atoms with Crippen molar-refractivity contribution in [3.63, 3.8) is 0 Å². The first-order chi connectivity index (χ1) is 8.16.